The number of rotatable bonds is 7. The van der Waals surface area contributed by atoms with Gasteiger partial charge >= 0.3 is 0 Å². The Bertz CT molecular complexity index is 1090. The first kappa shape index (κ1) is 20.9. The minimum Gasteiger partial charge on any atom is -0.283 e. The molecule has 0 saturated carbocycles. The van der Waals surface area contributed by atoms with Crippen LogP contribution >= 0.6 is 11.8 Å². The van der Waals surface area contributed by atoms with E-state index in [4.69, 9.17) is 4.98 Å². The van der Waals surface area contributed by atoms with Crippen molar-refractivity contribution < 1.29 is 0 Å². The summed E-state index contributed by atoms with van der Waals surface area (Å²) in [6, 6.07) is 18.7. The fourth-order valence-electron chi connectivity index (χ4n) is 4.31. The third-order valence-corrected chi connectivity index (χ3v) is 7.35. The summed E-state index contributed by atoms with van der Waals surface area (Å²) in [5.74, 6) is 0.975. The summed E-state index contributed by atoms with van der Waals surface area (Å²) in [5, 5.41) is 0.839. The van der Waals surface area contributed by atoms with E-state index < -0.39 is 0 Å². The highest BCUT2D eigenvalue weighted by Crippen LogP contribution is 2.43. The molecule has 0 N–H and O–H groups in total. The molecule has 1 aromatic heterocycles. The molecule has 0 amide bonds. The smallest absolute Gasteiger partial charge is 0.258 e. The zero-order valence-electron chi connectivity index (χ0n) is 18.1. The highest BCUT2D eigenvalue weighted by Gasteiger charge is 2.38. The standard InChI is InChI=1S/C26H30N2OS/c1-4-6-16-30-25-27-23-21-15-11-10-14-20(21)17-26(3,5-2)22(23)24(29)28(25)18-19-12-8-7-9-13-19/h7-15H,4-6,16-18H2,1-3H3. The number of fused-ring (bicyclic) bond motifs is 3. The molecule has 0 aliphatic heterocycles. The van der Waals surface area contributed by atoms with E-state index in [1.165, 1.54) is 5.56 Å². The minimum absolute atomic E-state index is 0.127. The topological polar surface area (TPSA) is 34.9 Å². The maximum Gasteiger partial charge on any atom is 0.258 e. The molecule has 156 valence electrons. The summed E-state index contributed by atoms with van der Waals surface area (Å²) in [7, 11) is 0. The van der Waals surface area contributed by atoms with Crippen molar-refractivity contribution in [1.82, 2.24) is 9.55 Å². The van der Waals surface area contributed by atoms with Crippen LogP contribution in [0.1, 0.15) is 56.7 Å². The van der Waals surface area contributed by atoms with Crippen LogP contribution in [0.5, 0.6) is 0 Å². The summed E-state index contributed by atoms with van der Waals surface area (Å²) in [5.41, 5.74) is 5.27. The lowest BCUT2D eigenvalue weighted by molar-refractivity contribution is 0.430. The molecule has 0 spiro atoms. The van der Waals surface area contributed by atoms with Crippen LogP contribution in [-0.2, 0) is 18.4 Å². The molecule has 1 atom stereocenters. The molecule has 4 rings (SSSR count). The van der Waals surface area contributed by atoms with Crippen molar-refractivity contribution in [2.45, 2.75) is 63.6 Å². The Morgan fingerprint density at radius 3 is 2.53 bits per heavy atom. The first-order valence-corrected chi connectivity index (χ1v) is 12.0. The van der Waals surface area contributed by atoms with Crippen molar-refractivity contribution >= 4 is 11.8 Å². The zero-order valence-corrected chi connectivity index (χ0v) is 19.0. The summed E-state index contributed by atoms with van der Waals surface area (Å²) in [4.78, 5) is 19.1. The van der Waals surface area contributed by atoms with E-state index in [0.29, 0.717) is 6.54 Å². The van der Waals surface area contributed by atoms with Gasteiger partial charge in [0.2, 0.25) is 0 Å². The van der Waals surface area contributed by atoms with Gasteiger partial charge in [0.15, 0.2) is 5.16 Å². The lowest BCUT2D eigenvalue weighted by Gasteiger charge is -2.36. The van der Waals surface area contributed by atoms with Crippen LogP contribution in [0.15, 0.2) is 64.5 Å². The molecular formula is C26H30N2OS. The predicted molar refractivity (Wildman–Crippen MR) is 126 cm³/mol. The Labute approximate surface area is 183 Å². The fourth-order valence-corrected chi connectivity index (χ4v) is 5.39. The van der Waals surface area contributed by atoms with Crippen molar-refractivity contribution in [2.75, 3.05) is 5.75 Å². The molecule has 1 heterocycles. The maximum absolute atomic E-state index is 14.0. The van der Waals surface area contributed by atoms with Gasteiger partial charge < -0.3 is 0 Å². The molecule has 0 radical (unpaired) electrons. The zero-order chi connectivity index (χ0) is 21.1. The number of nitrogens with zero attached hydrogens (tertiary/aromatic N) is 2. The van der Waals surface area contributed by atoms with E-state index in [1.54, 1.807) is 11.8 Å². The van der Waals surface area contributed by atoms with Gasteiger partial charge in [-0.25, -0.2) is 4.98 Å². The van der Waals surface area contributed by atoms with Crippen LogP contribution in [-0.4, -0.2) is 15.3 Å². The SMILES string of the molecule is CCCCSc1nc2c(c(=O)n1Cc1ccccc1)C(C)(CC)Cc1ccccc1-2. The number of hydrogen-bond acceptors (Lipinski definition) is 3. The molecule has 1 aliphatic carbocycles. The van der Waals surface area contributed by atoms with E-state index in [1.807, 2.05) is 22.8 Å². The first-order chi connectivity index (χ1) is 14.6. The predicted octanol–water partition coefficient (Wildman–Crippen LogP) is 6.07. The second kappa shape index (κ2) is 8.81. The van der Waals surface area contributed by atoms with E-state index in [9.17, 15) is 4.79 Å². The minimum atomic E-state index is -0.196. The van der Waals surface area contributed by atoms with Gasteiger partial charge in [-0.15, -0.1) is 0 Å². The highest BCUT2D eigenvalue weighted by molar-refractivity contribution is 7.99. The third kappa shape index (κ3) is 3.85. The van der Waals surface area contributed by atoms with Crippen LogP contribution in [0.3, 0.4) is 0 Å². The lowest BCUT2D eigenvalue weighted by Crippen LogP contribution is -2.40. The molecule has 0 bridgehead atoms. The van der Waals surface area contributed by atoms with Gasteiger partial charge in [-0.1, -0.05) is 93.6 Å². The van der Waals surface area contributed by atoms with Crippen LogP contribution in [0, 0.1) is 0 Å². The average Bonchev–Trinajstić information content (AvgIpc) is 2.77. The van der Waals surface area contributed by atoms with E-state index in [0.717, 1.165) is 59.0 Å². The van der Waals surface area contributed by atoms with Crippen molar-refractivity contribution in [3.05, 3.63) is 81.6 Å². The van der Waals surface area contributed by atoms with Crippen LogP contribution < -0.4 is 5.56 Å². The first-order valence-electron chi connectivity index (χ1n) is 11.0. The van der Waals surface area contributed by atoms with Gasteiger partial charge in [-0.3, -0.25) is 9.36 Å². The fraction of sp³-hybridized carbons (Fsp3) is 0.385. The van der Waals surface area contributed by atoms with Crippen molar-refractivity contribution in [3.8, 4) is 11.3 Å². The molecule has 30 heavy (non-hydrogen) atoms. The van der Waals surface area contributed by atoms with Gasteiger partial charge in [0, 0.05) is 16.7 Å². The normalized spacial score (nSPS) is 17.4. The Balaban J connectivity index is 1.93. The molecule has 1 unspecified atom stereocenters. The molecule has 2 aromatic carbocycles. The van der Waals surface area contributed by atoms with Crippen LogP contribution in [0.25, 0.3) is 11.3 Å². The Morgan fingerprint density at radius 2 is 1.80 bits per heavy atom. The number of thioether (sulfide) groups is 1. The number of unbranched alkanes of at least 4 members (excludes halogenated alkanes) is 1. The quantitative estimate of drug-likeness (QED) is 0.265. The van der Waals surface area contributed by atoms with Gasteiger partial charge in [0.1, 0.15) is 0 Å². The number of aromatic nitrogens is 2. The average molecular weight is 419 g/mol. The summed E-state index contributed by atoms with van der Waals surface area (Å²) < 4.78 is 1.91. The van der Waals surface area contributed by atoms with Crippen LogP contribution in [0.2, 0.25) is 0 Å². The van der Waals surface area contributed by atoms with Crippen molar-refractivity contribution in [3.63, 3.8) is 0 Å². The second-order valence-corrected chi connectivity index (χ2v) is 9.51. The van der Waals surface area contributed by atoms with E-state index in [2.05, 4.69) is 57.2 Å². The summed E-state index contributed by atoms with van der Waals surface area (Å²) in [6.45, 7) is 7.17. The number of benzene rings is 2. The lowest BCUT2D eigenvalue weighted by atomic mass is 9.69. The largest absolute Gasteiger partial charge is 0.283 e. The number of hydrogen-bond donors (Lipinski definition) is 0. The molecule has 4 heteroatoms. The molecule has 0 fully saturated rings. The van der Waals surface area contributed by atoms with Crippen molar-refractivity contribution in [2.24, 2.45) is 0 Å². The Hall–Kier alpha value is -2.33. The maximum atomic E-state index is 14.0. The molecule has 0 saturated heterocycles. The molecule has 3 aromatic rings. The summed E-state index contributed by atoms with van der Waals surface area (Å²) >= 11 is 1.71. The Morgan fingerprint density at radius 1 is 1.07 bits per heavy atom. The molecule has 3 nitrogen and oxygen atoms in total. The molecular weight excluding hydrogens is 388 g/mol. The van der Waals surface area contributed by atoms with Crippen LogP contribution in [0.4, 0.5) is 0 Å². The Kier molecular flexibility index (Phi) is 6.14. The van der Waals surface area contributed by atoms with Gasteiger partial charge in [-0.05, 0) is 30.4 Å². The third-order valence-electron chi connectivity index (χ3n) is 6.28. The summed E-state index contributed by atoms with van der Waals surface area (Å²) in [6.07, 6.45) is 4.06. The van der Waals surface area contributed by atoms with Gasteiger partial charge in [0.25, 0.3) is 5.56 Å². The molecule has 1 aliphatic rings. The monoisotopic (exact) mass is 418 g/mol. The van der Waals surface area contributed by atoms with E-state index >= 15 is 0 Å². The second-order valence-electron chi connectivity index (χ2n) is 8.45. The highest BCUT2D eigenvalue weighted by atomic mass is 32.2. The van der Waals surface area contributed by atoms with Crippen molar-refractivity contribution in [1.29, 1.82) is 0 Å². The van der Waals surface area contributed by atoms with Gasteiger partial charge in [-0.2, -0.15) is 0 Å². The van der Waals surface area contributed by atoms with E-state index in [-0.39, 0.29) is 11.0 Å². The van der Waals surface area contributed by atoms with Gasteiger partial charge in [0.05, 0.1) is 17.8 Å².